The lowest BCUT2D eigenvalue weighted by atomic mass is 10.0. The molecule has 24 heavy (non-hydrogen) atoms. The van der Waals surface area contributed by atoms with Gasteiger partial charge in [-0.3, -0.25) is 14.9 Å². The van der Waals surface area contributed by atoms with E-state index in [0.717, 1.165) is 45.0 Å². The lowest BCUT2D eigenvalue weighted by Gasteiger charge is -2.32. The average Bonchev–Trinajstić information content (AvgIpc) is 2.64. The van der Waals surface area contributed by atoms with Gasteiger partial charge in [0.05, 0.1) is 18.9 Å². The number of rotatable bonds is 7. The minimum atomic E-state index is 0.174. The minimum absolute atomic E-state index is 0.174. The van der Waals surface area contributed by atoms with E-state index in [-0.39, 0.29) is 6.04 Å². The van der Waals surface area contributed by atoms with Gasteiger partial charge in [-0.25, -0.2) is 0 Å². The third-order valence-corrected chi connectivity index (χ3v) is 4.42. The Bertz CT molecular complexity index is 587. The van der Waals surface area contributed by atoms with Crippen molar-refractivity contribution in [1.29, 1.82) is 0 Å². The predicted molar refractivity (Wildman–Crippen MR) is 94.8 cm³/mol. The molecule has 128 valence electrons. The van der Waals surface area contributed by atoms with Gasteiger partial charge in [0.25, 0.3) is 0 Å². The molecule has 5 nitrogen and oxygen atoms in total. The highest BCUT2D eigenvalue weighted by molar-refractivity contribution is 5.16. The van der Waals surface area contributed by atoms with Crippen molar-refractivity contribution < 1.29 is 4.74 Å². The molecule has 1 fully saturated rings. The Labute approximate surface area is 144 Å². The first-order chi connectivity index (χ1) is 11.8. The SMILES string of the molecule is C[C@H](N[C@@H](Cc1ccccc1)CN1CCOCC1)c1cnccn1. The van der Waals surface area contributed by atoms with Gasteiger partial charge in [-0.2, -0.15) is 0 Å². The Hall–Kier alpha value is -1.82. The highest BCUT2D eigenvalue weighted by atomic mass is 16.5. The molecule has 2 atom stereocenters. The normalized spacial score (nSPS) is 18.2. The van der Waals surface area contributed by atoms with Crippen molar-refractivity contribution in [3.63, 3.8) is 0 Å². The third kappa shape index (κ3) is 5.09. The predicted octanol–water partition coefficient (Wildman–Crippen LogP) is 2.07. The average molecular weight is 326 g/mol. The Balaban J connectivity index is 1.66. The first-order valence-electron chi connectivity index (χ1n) is 8.67. The van der Waals surface area contributed by atoms with Crippen LogP contribution in [0.15, 0.2) is 48.9 Å². The van der Waals surface area contributed by atoms with Gasteiger partial charge >= 0.3 is 0 Å². The lowest BCUT2D eigenvalue weighted by molar-refractivity contribution is 0.0330. The van der Waals surface area contributed by atoms with Crippen LogP contribution in [0.4, 0.5) is 0 Å². The van der Waals surface area contributed by atoms with Crippen molar-refractivity contribution in [2.45, 2.75) is 25.4 Å². The molecule has 0 spiro atoms. The van der Waals surface area contributed by atoms with E-state index in [1.807, 2.05) is 6.20 Å². The second kappa shape index (κ2) is 8.87. The first-order valence-corrected chi connectivity index (χ1v) is 8.67. The second-order valence-electron chi connectivity index (χ2n) is 6.32. The van der Waals surface area contributed by atoms with Gasteiger partial charge in [0, 0.05) is 50.3 Å². The van der Waals surface area contributed by atoms with Gasteiger partial charge in [-0.15, -0.1) is 0 Å². The zero-order valence-corrected chi connectivity index (χ0v) is 14.3. The second-order valence-corrected chi connectivity index (χ2v) is 6.32. The van der Waals surface area contributed by atoms with E-state index in [0.29, 0.717) is 6.04 Å². The fourth-order valence-electron chi connectivity index (χ4n) is 3.14. The van der Waals surface area contributed by atoms with Crippen LogP contribution in [-0.2, 0) is 11.2 Å². The van der Waals surface area contributed by atoms with E-state index in [1.165, 1.54) is 5.56 Å². The summed E-state index contributed by atoms with van der Waals surface area (Å²) in [7, 11) is 0. The molecule has 3 rings (SSSR count). The number of hydrogen-bond donors (Lipinski definition) is 1. The summed E-state index contributed by atoms with van der Waals surface area (Å²) in [6, 6.07) is 11.2. The molecule has 1 aliphatic rings. The van der Waals surface area contributed by atoms with Crippen LogP contribution in [0.3, 0.4) is 0 Å². The highest BCUT2D eigenvalue weighted by Crippen LogP contribution is 2.12. The summed E-state index contributed by atoms with van der Waals surface area (Å²) in [6.45, 7) is 6.85. The number of morpholine rings is 1. The Morgan fingerprint density at radius 3 is 2.67 bits per heavy atom. The molecule has 1 N–H and O–H groups in total. The van der Waals surface area contributed by atoms with E-state index in [1.54, 1.807) is 12.4 Å². The molecule has 1 aromatic carbocycles. The molecule has 0 amide bonds. The maximum absolute atomic E-state index is 5.47. The van der Waals surface area contributed by atoms with Gasteiger partial charge in [-0.05, 0) is 18.9 Å². The lowest BCUT2D eigenvalue weighted by Crippen LogP contribution is -2.47. The van der Waals surface area contributed by atoms with Gasteiger partial charge in [0.1, 0.15) is 0 Å². The molecule has 0 aliphatic carbocycles. The number of hydrogen-bond acceptors (Lipinski definition) is 5. The van der Waals surface area contributed by atoms with E-state index in [9.17, 15) is 0 Å². The van der Waals surface area contributed by atoms with Crippen molar-refractivity contribution in [2.75, 3.05) is 32.8 Å². The molecular weight excluding hydrogens is 300 g/mol. The van der Waals surface area contributed by atoms with Crippen LogP contribution in [0.2, 0.25) is 0 Å². The zero-order chi connectivity index (χ0) is 16.6. The number of aromatic nitrogens is 2. The van der Waals surface area contributed by atoms with Crippen molar-refractivity contribution in [3.05, 3.63) is 60.2 Å². The fourth-order valence-corrected chi connectivity index (χ4v) is 3.14. The van der Waals surface area contributed by atoms with Gasteiger partial charge in [-0.1, -0.05) is 30.3 Å². The van der Waals surface area contributed by atoms with Crippen LogP contribution in [-0.4, -0.2) is 53.8 Å². The quantitative estimate of drug-likeness (QED) is 0.844. The van der Waals surface area contributed by atoms with Crippen molar-refractivity contribution in [1.82, 2.24) is 20.2 Å². The molecule has 2 aromatic rings. The van der Waals surface area contributed by atoms with Gasteiger partial charge in [0.2, 0.25) is 0 Å². The molecule has 1 aliphatic heterocycles. The summed E-state index contributed by atoms with van der Waals surface area (Å²) >= 11 is 0. The molecule has 0 saturated carbocycles. The summed E-state index contributed by atoms with van der Waals surface area (Å²) in [5, 5.41) is 3.74. The molecule has 0 radical (unpaired) electrons. The summed E-state index contributed by atoms with van der Waals surface area (Å²) < 4.78 is 5.47. The molecule has 0 bridgehead atoms. The number of nitrogens with zero attached hydrogens (tertiary/aromatic N) is 3. The van der Waals surface area contributed by atoms with Crippen molar-refractivity contribution in [3.8, 4) is 0 Å². The van der Waals surface area contributed by atoms with Crippen LogP contribution in [0.5, 0.6) is 0 Å². The number of nitrogens with one attached hydrogen (secondary N) is 1. The third-order valence-electron chi connectivity index (χ3n) is 4.42. The zero-order valence-electron chi connectivity index (χ0n) is 14.3. The summed E-state index contributed by atoms with van der Waals surface area (Å²) in [5.41, 5.74) is 2.34. The van der Waals surface area contributed by atoms with E-state index in [4.69, 9.17) is 4.74 Å². The molecule has 2 heterocycles. The van der Waals surface area contributed by atoms with Crippen LogP contribution in [0.25, 0.3) is 0 Å². The van der Waals surface area contributed by atoms with Crippen LogP contribution in [0.1, 0.15) is 24.2 Å². The Morgan fingerprint density at radius 2 is 1.96 bits per heavy atom. The summed E-state index contributed by atoms with van der Waals surface area (Å²) in [5.74, 6) is 0. The monoisotopic (exact) mass is 326 g/mol. The van der Waals surface area contributed by atoms with E-state index < -0.39 is 0 Å². The standard InChI is InChI=1S/C19H26N4O/c1-16(19-14-20-7-8-21-19)22-18(13-17-5-3-2-4-6-17)15-23-9-11-24-12-10-23/h2-8,14,16,18,22H,9-13,15H2,1H3/t16-,18-/m0/s1. The fraction of sp³-hybridized carbons (Fsp3) is 0.474. The summed E-state index contributed by atoms with van der Waals surface area (Å²) in [6.07, 6.45) is 6.31. The van der Waals surface area contributed by atoms with Crippen molar-refractivity contribution >= 4 is 0 Å². The Kier molecular flexibility index (Phi) is 6.29. The smallest absolute Gasteiger partial charge is 0.0753 e. The largest absolute Gasteiger partial charge is 0.379 e. The molecule has 1 aromatic heterocycles. The maximum Gasteiger partial charge on any atom is 0.0753 e. The van der Waals surface area contributed by atoms with Crippen molar-refractivity contribution in [2.24, 2.45) is 0 Å². The van der Waals surface area contributed by atoms with Gasteiger partial charge in [0.15, 0.2) is 0 Å². The van der Waals surface area contributed by atoms with E-state index in [2.05, 4.69) is 57.4 Å². The van der Waals surface area contributed by atoms with E-state index >= 15 is 0 Å². The first kappa shape index (κ1) is 17.0. The molecule has 5 heteroatoms. The van der Waals surface area contributed by atoms with Gasteiger partial charge < -0.3 is 10.1 Å². The van der Waals surface area contributed by atoms with Crippen LogP contribution >= 0.6 is 0 Å². The number of ether oxygens (including phenoxy) is 1. The minimum Gasteiger partial charge on any atom is -0.379 e. The van der Waals surface area contributed by atoms with Crippen LogP contribution in [0, 0.1) is 0 Å². The van der Waals surface area contributed by atoms with Crippen LogP contribution < -0.4 is 5.32 Å². The molecule has 1 saturated heterocycles. The maximum atomic E-state index is 5.47. The number of benzene rings is 1. The molecule has 0 unspecified atom stereocenters. The summed E-state index contributed by atoms with van der Waals surface area (Å²) in [4.78, 5) is 11.1. The topological polar surface area (TPSA) is 50.3 Å². The highest BCUT2D eigenvalue weighted by Gasteiger charge is 2.20. The Morgan fingerprint density at radius 1 is 1.17 bits per heavy atom. The molecular formula is C19H26N4O.